The van der Waals surface area contributed by atoms with Crippen molar-refractivity contribution in [1.29, 1.82) is 0 Å². The summed E-state index contributed by atoms with van der Waals surface area (Å²) in [5.41, 5.74) is 2.70. The fourth-order valence-corrected chi connectivity index (χ4v) is 4.74. The summed E-state index contributed by atoms with van der Waals surface area (Å²) in [4.78, 5) is 17.7. The van der Waals surface area contributed by atoms with Crippen LogP contribution < -0.4 is 0 Å². The van der Waals surface area contributed by atoms with Gasteiger partial charge in [-0.05, 0) is 72.8 Å². The van der Waals surface area contributed by atoms with Crippen molar-refractivity contribution in [3.8, 4) is 0 Å². The van der Waals surface area contributed by atoms with Crippen LogP contribution in [-0.2, 0) is 15.9 Å². The van der Waals surface area contributed by atoms with Gasteiger partial charge in [0.15, 0.2) is 0 Å². The molecule has 3 rings (SSSR count). The molecule has 1 unspecified atom stereocenters. The number of H-pyrrole nitrogens is 1. The largest absolute Gasteiger partial charge is 0.444 e. The third-order valence-electron chi connectivity index (χ3n) is 5.00. The molecule has 1 aliphatic rings. The number of amides is 1. The number of morpholine rings is 1. The van der Waals surface area contributed by atoms with E-state index in [1.165, 1.54) is 16.5 Å². The van der Waals surface area contributed by atoms with Crippen LogP contribution in [0.15, 0.2) is 22.8 Å². The Labute approximate surface area is 175 Å². The molecule has 5 nitrogen and oxygen atoms in total. The second-order valence-electron chi connectivity index (χ2n) is 9.26. The lowest BCUT2D eigenvalue weighted by atomic mass is 9.92. The Morgan fingerprint density at radius 1 is 1.39 bits per heavy atom. The number of nitrogens with zero attached hydrogens (tertiary/aromatic N) is 1. The van der Waals surface area contributed by atoms with Crippen LogP contribution in [0.25, 0.3) is 10.9 Å². The smallest absolute Gasteiger partial charge is 0.410 e. The van der Waals surface area contributed by atoms with E-state index in [0.29, 0.717) is 25.6 Å². The van der Waals surface area contributed by atoms with Crippen LogP contribution in [0.3, 0.4) is 0 Å². The monoisotopic (exact) mass is 450 g/mol. The van der Waals surface area contributed by atoms with Gasteiger partial charge in [0.05, 0.1) is 23.4 Å². The summed E-state index contributed by atoms with van der Waals surface area (Å²) >= 11 is 3.65. The van der Waals surface area contributed by atoms with Crippen molar-refractivity contribution in [3.63, 3.8) is 0 Å². The molecule has 1 aliphatic heterocycles. The Balaban J connectivity index is 1.80. The first-order valence-electron chi connectivity index (χ1n) is 9.89. The van der Waals surface area contributed by atoms with E-state index in [4.69, 9.17) is 9.47 Å². The van der Waals surface area contributed by atoms with Crippen molar-refractivity contribution in [3.05, 3.63) is 33.9 Å². The third kappa shape index (κ3) is 4.71. The standard InChI is InChI=1S/C22H31BrN2O3/c1-14(2)18-16-11-15(7-8-17(16)24-19(18)23)12-22(6)13-25(9-10-27-22)20(26)28-21(3,4)5/h7-8,11,14,24H,9-10,12-13H2,1-6H3. The molecule has 1 atom stereocenters. The number of fused-ring (bicyclic) bond motifs is 1. The molecule has 1 saturated heterocycles. The SMILES string of the molecule is CC(C)c1c(Br)[nH]c2ccc(CC3(C)CN(C(=O)OC(C)(C)C)CCO3)cc12. The Bertz CT molecular complexity index is 869. The van der Waals surface area contributed by atoms with Crippen LogP contribution in [0.5, 0.6) is 0 Å². The van der Waals surface area contributed by atoms with Gasteiger partial charge in [0, 0.05) is 23.9 Å². The highest BCUT2D eigenvalue weighted by Crippen LogP contribution is 2.34. The maximum atomic E-state index is 12.5. The van der Waals surface area contributed by atoms with Gasteiger partial charge in [0.2, 0.25) is 0 Å². The molecule has 154 valence electrons. The topological polar surface area (TPSA) is 54.6 Å². The number of ether oxygens (including phenoxy) is 2. The van der Waals surface area contributed by atoms with E-state index in [0.717, 1.165) is 16.5 Å². The minimum Gasteiger partial charge on any atom is -0.444 e. The van der Waals surface area contributed by atoms with E-state index >= 15 is 0 Å². The van der Waals surface area contributed by atoms with Crippen molar-refractivity contribution in [2.24, 2.45) is 0 Å². The van der Waals surface area contributed by atoms with Crippen molar-refractivity contribution in [1.82, 2.24) is 9.88 Å². The van der Waals surface area contributed by atoms with Crippen molar-refractivity contribution >= 4 is 32.9 Å². The maximum absolute atomic E-state index is 12.5. The van der Waals surface area contributed by atoms with Crippen LogP contribution >= 0.6 is 15.9 Å². The highest BCUT2D eigenvalue weighted by molar-refractivity contribution is 9.10. The number of benzene rings is 1. The Kier molecular flexibility index (Phi) is 5.84. The Hall–Kier alpha value is -1.53. The molecule has 2 heterocycles. The molecule has 0 spiro atoms. The minimum absolute atomic E-state index is 0.269. The Morgan fingerprint density at radius 3 is 2.75 bits per heavy atom. The van der Waals surface area contributed by atoms with Gasteiger partial charge < -0.3 is 19.4 Å². The number of aromatic amines is 1. The van der Waals surface area contributed by atoms with Gasteiger partial charge >= 0.3 is 6.09 Å². The summed E-state index contributed by atoms with van der Waals surface area (Å²) in [5.74, 6) is 0.419. The number of halogens is 1. The van der Waals surface area contributed by atoms with Gasteiger partial charge in [-0.1, -0.05) is 19.9 Å². The molecule has 1 fully saturated rings. The van der Waals surface area contributed by atoms with Crippen LogP contribution in [0.1, 0.15) is 58.6 Å². The minimum atomic E-state index is -0.494. The van der Waals surface area contributed by atoms with Gasteiger partial charge in [-0.25, -0.2) is 4.79 Å². The van der Waals surface area contributed by atoms with Crippen molar-refractivity contribution in [2.75, 3.05) is 19.7 Å². The zero-order valence-corrected chi connectivity index (χ0v) is 19.3. The van der Waals surface area contributed by atoms with Gasteiger partial charge in [-0.3, -0.25) is 0 Å². The maximum Gasteiger partial charge on any atom is 0.410 e. The van der Waals surface area contributed by atoms with Crippen LogP contribution in [0, 0.1) is 0 Å². The molecule has 2 aromatic rings. The van der Waals surface area contributed by atoms with Crippen LogP contribution in [0.2, 0.25) is 0 Å². The fraction of sp³-hybridized carbons (Fsp3) is 0.591. The summed E-state index contributed by atoms with van der Waals surface area (Å²) in [7, 11) is 0. The highest BCUT2D eigenvalue weighted by Gasteiger charge is 2.36. The van der Waals surface area contributed by atoms with Crippen molar-refractivity contribution in [2.45, 2.75) is 65.1 Å². The number of aromatic nitrogens is 1. The summed E-state index contributed by atoms with van der Waals surface area (Å²) < 4.78 is 12.7. The molecule has 1 amide bonds. The van der Waals surface area contributed by atoms with Gasteiger partial charge in [-0.15, -0.1) is 0 Å². The molecule has 0 aliphatic carbocycles. The van der Waals surface area contributed by atoms with E-state index in [-0.39, 0.29) is 6.09 Å². The lowest BCUT2D eigenvalue weighted by Gasteiger charge is -2.41. The van der Waals surface area contributed by atoms with E-state index in [2.05, 4.69) is 59.9 Å². The first kappa shape index (κ1) is 21.2. The third-order valence-corrected chi connectivity index (χ3v) is 5.62. The molecule has 1 aromatic heterocycles. The van der Waals surface area contributed by atoms with Gasteiger partial charge in [0.1, 0.15) is 5.60 Å². The lowest BCUT2D eigenvalue weighted by molar-refractivity contribution is -0.0975. The molecular formula is C22H31BrN2O3. The molecule has 28 heavy (non-hydrogen) atoms. The second-order valence-corrected chi connectivity index (χ2v) is 10.1. The van der Waals surface area contributed by atoms with Crippen LogP contribution in [-0.4, -0.2) is 46.9 Å². The summed E-state index contributed by atoms with van der Waals surface area (Å²) in [6, 6.07) is 6.50. The normalized spacial score (nSPS) is 20.8. The molecule has 0 saturated carbocycles. The van der Waals surface area contributed by atoms with Crippen LogP contribution in [0.4, 0.5) is 4.79 Å². The number of carbonyl (C=O) groups excluding carboxylic acids is 1. The number of hydrogen-bond donors (Lipinski definition) is 1. The number of nitrogens with one attached hydrogen (secondary N) is 1. The summed E-state index contributed by atoms with van der Waals surface area (Å²) in [5, 5.41) is 1.24. The Morgan fingerprint density at radius 2 is 2.11 bits per heavy atom. The first-order chi connectivity index (χ1) is 13.0. The zero-order valence-electron chi connectivity index (χ0n) is 17.7. The van der Waals surface area contributed by atoms with E-state index in [9.17, 15) is 4.79 Å². The average molecular weight is 451 g/mol. The van der Waals surface area contributed by atoms with Gasteiger partial charge in [0.25, 0.3) is 0 Å². The lowest BCUT2D eigenvalue weighted by Crippen LogP contribution is -2.54. The van der Waals surface area contributed by atoms with E-state index in [1.807, 2.05) is 20.8 Å². The number of hydrogen-bond acceptors (Lipinski definition) is 3. The molecule has 1 aromatic carbocycles. The number of carbonyl (C=O) groups is 1. The quantitative estimate of drug-likeness (QED) is 0.659. The molecule has 1 N–H and O–H groups in total. The first-order valence-corrected chi connectivity index (χ1v) is 10.7. The van der Waals surface area contributed by atoms with E-state index in [1.54, 1.807) is 4.90 Å². The summed E-state index contributed by atoms with van der Waals surface area (Å²) in [6.45, 7) is 13.7. The highest BCUT2D eigenvalue weighted by atomic mass is 79.9. The predicted octanol–water partition coefficient (Wildman–Crippen LogP) is 5.62. The zero-order chi connectivity index (χ0) is 20.7. The average Bonchev–Trinajstić information content (AvgIpc) is 2.88. The number of rotatable bonds is 3. The van der Waals surface area contributed by atoms with Gasteiger partial charge in [-0.2, -0.15) is 0 Å². The second kappa shape index (κ2) is 7.71. The predicted molar refractivity (Wildman–Crippen MR) is 116 cm³/mol. The molecule has 6 heteroatoms. The molecular weight excluding hydrogens is 420 g/mol. The van der Waals surface area contributed by atoms with E-state index < -0.39 is 11.2 Å². The van der Waals surface area contributed by atoms with Crippen molar-refractivity contribution < 1.29 is 14.3 Å². The fourth-order valence-electron chi connectivity index (χ4n) is 3.85. The summed E-state index contributed by atoms with van der Waals surface area (Å²) in [6.07, 6.45) is 0.469. The molecule has 0 bridgehead atoms. The molecule has 0 radical (unpaired) electrons.